The van der Waals surface area contributed by atoms with E-state index in [2.05, 4.69) is 42.9 Å². The van der Waals surface area contributed by atoms with Gasteiger partial charge < -0.3 is 10.2 Å². The molecule has 26 heavy (non-hydrogen) atoms. The summed E-state index contributed by atoms with van der Waals surface area (Å²) < 4.78 is 1.91. The average molecular weight is 379 g/mol. The van der Waals surface area contributed by atoms with Crippen molar-refractivity contribution in [1.29, 1.82) is 0 Å². The van der Waals surface area contributed by atoms with Crippen molar-refractivity contribution >= 4 is 27.3 Å². The summed E-state index contributed by atoms with van der Waals surface area (Å²) in [6, 6.07) is 0. The zero-order valence-electron chi connectivity index (χ0n) is 16.4. The maximum Gasteiger partial charge on any atom is 0.233 e. The number of aromatic nitrogens is 3. The number of nitrogens with one attached hydrogen (secondary N) is 1. The number of nitrogens with zero attached hydrogens (tertiary/aromatic N) is 5. The molecule has 2 aromatic heterocycles. The molecule has 0 radical (unpaired) electrons. The Bertz CT molecular complexity index is 722. The fourth-order valence-electron chi connectivity index (χ4n) is 3.28. The predicted molar refractivity (Wildman–Crippen MR) is 106 cm³/mol. The number of amides is 1. The van der Waals surface area contributed by atoms with Crippen molar-refractivity contribution < 1.29 is 4.79 Å². The Kier molecular flexibility index (Phi) is 5.53. The third kappa shape index (κ3) is 4.35. The van der Waals surface area contributed by atoms with Crippen LogP contribution in [0.25, 0.3) is 4.96 Å². The van der Waals surface area contributed by atoms with Crippen LogP contribution in [-0.2, 0) is 10.2 Å². The zero-order chi connectivity index (χ0) is 18.9. The number of likely N-dealkylation sites (tertiary alicyclic amines) is 1. The quantitative estimate of drug-likeness (QED) is 0.862. The van der Waals surface area contributed by atoms with Gasteiger partial charge in [-0.3, -0.25) is 9.69 Å². The summed E-state index contributed by atoms with van der Waals surface area (Å²) in [4.78, 5) is 21.7. The minimum absolute atomic E-state index is 0.0438. The van der Waals surface area contributed by atoms with E-state index in [4.69, 9.17) is 10.1 Å². The Morgan fingerprint density at radius 3 is 2.65 bits per heavy atom. The lowest BCUT2D eigenvalue weighted by molar-refractivity contribution is -0.122. The zero-order valence-corrected chi connectivity index (χ0v) is 17.3. The van der Waals surface area contributed by atoms with Crippen molar-refractivity contribution in [2.75, 3.05) is 45.2 Å². The SMILES string of the molecule is CNC(=O)CN1CCC(CN(C)c2nn3cc(C(C)(C)C)nc3s2)CC1. The van der Waals surface area contributed by atoms with E-state index in [0.717, 1.165) is 48.3 Å². The molecular weight excluding hydrogens is 348 g/mol. The van der Waals surface area contributed by atoms with Gasteiger partial charge in [-0.05, 0) is 31.8 Å². The Hall–Kier alpha value is -1.67. The number of hydrogen-bond donors (Lipinski definition) is 1. The number of rotatable bonds is 5. The maximum absolute atomic E-state index is 11.5. The summed E-state index contributed by atoms with van der Waals surface area (Å²) >= 11 is 1.65. The molecule has 3 rings (SSSR count). The van der Waals surface area contributed by atoms with Gasteiger partial charge >= 0.3 is 0 Å². The van der Waals surface area contributed by atoms with Crippen LogP contribution in [0, 0.1) is 5.92 Å². The first-order valence-electron chi connectivity index (χ1n) is 9.27. The van der Waals surface area contributed by atoms with Crippen LogP contribution < -0.4 is 10.2 Å². The van der Waals surface area contributed by atoms with Crippen LogP contribution in [0.3, 0.4) is 0 Å². The molecule has 3 heterocycles. The van der Waals surface area contributed by atoms with Gasteiger partial charge in [-0.2, -0.15) is 0 Å². The van der Waals surface area contributed by atoms with E-state index in [9.17, 15) is 4.79 Å². The second-order valence-corrected chi connectivity index (χ2v) is 9.20. The molecule has 1 aliphatic rings. The topological polar surface area (TPSA) is 65.8 Å². The molecule has 1 amide bonds. The standard InChI is InChI=1S/C18H30N6OS/c1-18(2,3)14-11-24-16(20-14)26-17(21-24)22(5)10-13-6-8-23(9-7-13)12-15(25)19-4/h11,13H,6-10,12H2,1-5H3,(H,19,25). The number of carbonyl (C=O) groups is 1. The highest BCUT2D eigenvalue weighted by molar-refractivity contribution is 7.20. The van der Waals surface area contributed by atoms with Crippen LogP contribution in [0.15, 0.2) is 6.20 Å². The largest absolute Gasteiger partial charge is 0.358 e. The van der Waals surface area contributed by atoms with Crippen molar-refractivity contribution in [2.45, 2.75) is 39.0 Å². The third-order valence-electron chi connectivity index (χ3n) is 5.01. The van der Waals surface area contributed by atoms with Crippen molar-refractivity contribution in [3.05, 3.63) is 11.9 Å². The smallest absolute Gasteiger partial charge is 0.233 e. The normalized spacial score (nSPS) is 17.0. The van der Waals surface area contributed by atoms with Gasteiger partial charge in [0.1, 0.15) is 0 Å². The Labute approximate surface area is 159 Å². The maximum atomic E-state index is 11.5. The fourth-order valence-corrected chi connectivity index (χ4v) is 4.13. The highest BCUT2D eigenvalue weighted by atomic mass is 32.1. The van der Waals surface area contributed by atoms with E-state index >= 15 is 0 Å². The number of hydrogen-bond acceptors (Lipinski definition) is 6. The van der Waals surface area contributed by atoms with Crippen molar-refractivity contribution in [3.8, 4) is 0 Å². The Morgan fingerprint density at radius 1 is 1.38 bits per heavy atom. The van der Waals surface area contributed by atoms with E-state index < -0.39 is 0 Å². The molecule has 7 nitrogen and oxygen atoms in total. The molecule has 2 aromatic rings. The summed E-state index contributed by atoms with van der Waals surface area (Å²) in [6.45, 7) is 9.99. The average Bonchev–Trinajstić information content (AvgIpc) is 3.15. The van der Waals surface area contributed by atoms with Crippen LogP contribution >= 0.6 is 11.3 Å². The van der Waals surface area contributed by atoms with Gasteiger partial charge in [0.25, 0.3) is 0 Å². The van der Waals surface area contributed by atoms with Crippen molar-refractivity contribution in [2.24, 2.45) is 5.92 Å². The van der Waals surface area contributed by atoms with E-state index in [1.54, 1.807) is 18.4 Å². The first-order chi connectivity index (χ1) is 12.3. The summed E-state index contributed by atoms with van der Waals surface area (Å²) in [5.74, 6) is 0.739. The van der Waals surface area contributed by atoms with Gasteiger partial charge in [0.05, 0.1) is 18.4 Å². The van der Waals surface area contributed by atoms with Crippen LogP contribution in [0.4, 0.5) is 5.13 Å². The van der Waals surface area contributed by atoms with Gasteiger partial charge in [0.2, 0.25) is 16.0 Å². The molecule has 0 unspecified atom stereocenters. The molecule has 0 spiro atoms. The van der Waals surface area contributed by atoms with Crippen molar-refractivity contribution in [1.82, 2.24) is 24.8 Å². The molecule has 1 fully saturated rings. The fraction of sp³-hybridized carbons (Fsp3) is 0.722. The van der Waals surface area contributed by atoms with Gasteiger partial charge in [-0.25, -0.2) is 9.50 Å². The lowest BCUT2D eigenvalue weighted by Crippen LogP contribution is -2.42. The van der Waals surface area contributed by atoms with Gasteiger partial charge in [0.15, 0.2) is 0 Å². The second kappa shape index (κ2) is 7.52. The Morgan fingerprint density at radius 2 is 2.08 bits per heavy atom. The van der Waals surface area contributed by atoms with Crippen LogP contribution in [0.1, 0.15) is 39.3 Å². The number of piperidine rings is 1. The number of likely N-dealkylation sites (N-methyl/N-ethyl adjacent to an activating group) is 1. The minimum Gasteiger partial charge on any atom is -0.358 e. The molecule has 144 valence electrons. The van der Waals surface area contributed by atoms with E-state index in [-0.39, 0.29) is 11.3 Å². The highest BCUT2D eigenvalue weighted by Crippen LogP contribution is 2.28. The number of anilines is 1. The summed E-state index contributed by atoms with van der Waals surface area (Å²) in [6.07, 6.45) is 4.29. The lowest BCUT2D eigenvalue weighted by atomic mass is 9.93. The second-order valence-electron chi connectivity index (χ2n) is 8.26. The molecule has 0 saturated carbocycles. The number of imidazole rings is 1. The van der Waals surface area contributed by atoms with Gasteiger partial charge in [-0.1, -0.05) is 32.1 Å². The minimum atomic E-state index is 0.0438. The first-order valence-corrected chi connectivity index (χ1v) is 10.1. The monoisotopic (exact) mass is 378 g/mol. The molecular formula is C18H30N6OS. The molecule has 1 saturated heterocycles. The first kappa shape index (κ1) is 19.1. The summed E-state index contributed by atoms with van der Waals surface area (Å²) in [7, 11) is 3.80. The molecule has 0 aromatic carbocycles. The van der Waals surface area contributed by atoms with Crippen molar-refractivity contribution in [3.63, 3.8) is 0 Å². The van der Waals surface area contributed by atoms with Gasteiger partial charge in [-0.15, -0.1) is 5.10 Å². The predicted octanol–water partition coefficient (Wildman–Crippen LogP) is 1.98. The Balaban J connectivity index is 1.55. The molecule has 8 heteroatoms. The van der Waals surface area contributed by atoms with E-state index in [1.165, 1.54) is 0 Å². The molecule has 0 bridgehead atoms. The van der Waals surface area contributed by atoms with Crippen LogP contribution in [0.5, 0.6) is 0 Å². The molecule has 0 atom stereocenters. The van der Waals surface area contributed by atoms with E-state index in [0.29, 0.717) is 12.5 Å². The number of fused-ring (bicyclic) bond motifs is 1. The highest BCUT2D eigenvalue weighted by Gasteiger charge is 2.24. The lowest BCUT2D eigenvalue weighted by Gasteiger charge is -2.33. The van der Waals surface area contributed by atoms with Gasteiger partial charge in [0, 0.05) is 26.1 Å². The number of carbonyl (C=O) groups excluding carboxylic acids is 1. The van der Waals surface area contributed by atoms with E-state index in [1.807, 2.05) is 10.7 Å². The van der Waals surface area contributed by atoms with Crippen LogP contribution in [0.2, 0.25) is 0 Å². The molecule has 0 aliphatic carbocycles. The third-order valence-corrected chi connectivity index (χ3v) is 6.05. The summed E-state index contributed by atoms with van der Waals surface area (Å²) in [5, 5.41) is 8.42. The molecule has 1 N–H and O–H groups in total. The summed E-state index contributed by atoms with van der Waals surface area (Å²) in [5.41, 5.74) is 1.12. The molecule has 1 aliphatic heterocycles. The van der Waals surface area contributed by atoms with Crippen LogP contribution in [-0.4, -0.2) is 65.7 Å².